The van der Waals surface area contributed by atoms with E-state index in [0.717, 1.165) is 49.7 Å². The van der Waals surface area contributed by atoms with Crippen molar-refractivity contribution in [2.75, 3.05) is 13.1 Å². The number of carbonyl (C=O) groups is 2. The van der Waals surface area contributed by atoms with Gasteiger partial charge in [-0.05, 0) is 66.8 Å². The third-order valence-electron chi connectivity index (χ3n) is 6.50. The Labute approximate surface area is 174 Å². The van der Waals surface area contributed by atoms with E-state index < -0.39 is 0 Å². The van der Waals surface area contributed by atoms with Crippen LogP contribution >= 0.6 is 11.3 Å². The molecule has 0 saturated heterocycles. The summed E-state index contributed by atoms with van der Waals surface area (Å²) in [6, 6.07) is 8.54. The lowest BCUT2D eigenvalue weighted by atomic mass is 9.84. The lowest BCUT2D eigenvalue weighted by Crippen LogP contribution is -2.49. The molecule has 2 aliphatic carbocycles. The van der Waals surface area contributed by atoms with Gasteiger partial charge < -0.3 is 9.80 Å². The van der Waals surface area contributed by atoms with E-state index in [1.807, 2.05) is 9.80 Å². The summed E-state index contributed by atoms with van der Waals surface area (Å²) in [7, 11) is 0. The van der Waals surface area contributed by atoms with Crippen molar-refractivity contribution in [3.63, 3.8) is 0 Å². The first-order valence-corrected chi connectivity index (χ1v) is 11.4. The first-order chi connectivity index (χ1) is 14.1. The van der Waals surface area contributed by atoms with Crippen LogP contribution in [0.1, 0.15) is 54.1 Å². The second-order valence-corrected chi connectivity index (χ2v) is 9.42. The van der Waals surface area contributed by atoms with Gasteiger partial charge in [0.05, 0.1) is 6.04 Å². The second-order valence-electron chi connectivity index (χ2n) is 8.42. The van der Waals surface area contributed by atoms with Gasteiger partial charge in [-0.2, -0.15) is 0 Å². The molecule has 1 aliphatic heterocycles. The number of thiophene rings is 1. The van der Waals surface area contributed by atoms with Crippen LogP contribution in [0.25, 0.3) is 0 Å². The van der Waals surface area contributed by atoms with Gasteiger partial charge in [0.2, 0.25) is 11.8 Å². The average Bonchev–Trinajstić information content (AvgIpc) is 3.40. The first-order valence-electron chi connectivity index (χ1n) is 10.5. The molecule has 2 heterocycles. The third-order valence-corrected chi connectivity index (χ3v) is 7.50. The number of nitrogens with zero attached hydrogens (tertiary/aromatic N) is 2. The number of hydrogen-bond acceptors (Lipinski definition) is 3. The minimum absolute atomic E-state index is 0.00394. The van der Waals surface area contributed by atoms with E-state index in [1.54, 1.807) is 23.5 Å². The summed E-state index contributed by atoms with van der Waals surface area (Å²) in [5.74, 6) is -0.00507. The summed E-state index contributed by atoms with van der Waals surface area (Å²) >= 11 is 1.71. The summed E-state index contributed by atoms with van der Waals surface area (Å²) in [4.78, 5) is 31.3. The smallest absolute Gasteiger partial charge is 0.243 e. The van der Waals surface area contributed by atoms with Gasteiger partial charge in [-0.25, -0.2) is 4.39 Å². The Balaban J connectivity index is 1.41. The molecule has 0 spiro atoms. The highest BCUT2D eigenvalue weighted by molar-refractivity contribution is 7.10. The lowest BCUT2D eigenvalue weighted by molar-refractivity contribution is -0.146. The van der Waals surface area contributed by atoms with Crippen LogP contribution in [0.15, 0.2) is 35.7 Å². The van der Waals surface area contributed by atoms with Crippen molar-refractivity contribution in [3.05, 3.63) is 57.5 Å². The summed E-state index contributed by atoms with van der Waals surface area (Å²) in [6.45, 7) is 0.793. The van der Waals surface area contributed by atoms with Gasteiger partial charge in [-0.3, -0.25) is 9.59 Å². The molecule has 3 aliphatic rings. The van der Waals surface area contributed by atoms with E-state index >= 15 is 0 Å². The van der Waals surface area contributed by atoms with Gasteiger partial charge in [-0.1, -0.05) is 18.6 Å². The topological polar surface area (TPSA) is 40.6 Å². The molecule has 1 unspecified atom stereocenters. The van der Waals surface area contributed by atoms with Gasteiger partial charge in [0, 0.05) is 23.4 Å². The molecule has 4 nitrogen and oxygen atoms in total. The van der Waals surface area contributed by atoms with Crippen LogP contribution in [-0.4, -0.2) is 40.7 Å². The minimum Gasteiger partial charge on any atom is -0.330 e. The SMILES string of the molecule is O=C(C1CCC1)N(CC(=O)N1CCc2sccc2C1c1ccc(F)cc1)C1CC1. The Morgan fingerprint density at radius 1 is 1.10 bits per heavy atom. The summed E-state index contributed by atoms with van der Waals surface area (Å²) in [6.07, 6.45) is 5.86. The number of amides is 2. The third kappa shape index (κ3) is 3.59. The fraction of sp³-hybridized carbons (Fsp3) is 0.478. The van der Waals surface area contributed by atoms with Crippen molar-refractivity contribution in [1.82, 2.24) is 9.80 Å². The van der Waals surface area contributed by atoms with Crippen LogP contribution in [0.2, 0.25) is 0 Å². The quantitative estimate of drug-likeness (QED) is 0.740. The number of hydrogen-bond donors (Lipinski definition) is 0. The molecule has 5 rings (SSSR count). The largest absolute Gasteiger partial charge is 0.330 e. The molecular weight excluding hydrogens is 387 g/mol. The van der Waals surface area contributed by atoms with E-state index in [9.17, 15) is 14.0 Å². The zero-order valence-electron chi connectivity index (χ0n) is 16.4. The molecule has 0 N–H and O–H groups in total. The maximum Gasteiger partial charge on any atom is 0.243 e. The van der Waals surface area contributed by atoms with Crippen molar-refractivity contribution in [1.29, 1.82) is 0 Å². The molecule has 0 bridgehead atoms. The predicted molar refractivity (Wildman–Crippen MR) is 110 cm³/mol. The first kappa shape index (κ1) is 18.8. The zero-order chi connectivity index (χ0) is 20.0. The number of halogens is 1. The minimum atomic E-state index is -0.279. The molecule has 2 amide bonds. The van der Waals surface area contributed by atoms with Gasteiger partial charge in [0.15, 0.2) is 0 Å². The molecule has 2 aromatic rings. The molecule has 152 valence electrons. The molecule has 29 heavy (non-hydrogen) atoms. The number of carbonyl (C=O) groups excluding carboxylic acids is 2. The van der Waals surface area contributed by atoms with Crippen LogP contribution in [0.4, 0.5) is 4.39 Å². The van der Waals surface area contributed by atoms with Crippen molar-refractivity contribution in [2.24, 2.45) is 5.92 Å². The second kappa shape index (κ2) is 7.56. The highest BCUT2D eigenvalue weighted by Crippen LogP contribution is 2.39. The Morgan fingerprint density at radius 2 is 1.86 bits per heavy atom. The zero-order valence-corrected chi connectivity index (χ0v) is 17.2. The lowest BCUT2D eigenvalue weighted by Gasteiger charge is -2.38. The number of rotatable bonds is 5. The Kier molecular flexibility index (Phi) is 4.90. The maximum absolute atomic E-state index is 13.5. The molecule has 2 fully saturated rings. The van der Waals surface area contributed by atoms with Crippen LogP contribution < -0.4 is 0 Å². The number of fused-ring (bicyclic) bond motifs is 1. The van der Waals surface area contributed by atoms with E-state index in [2.05, 4.69) is 11.4 Å². The Hall–Kier alpha value is -2.21. The van der Waals surface area contributed by atoms with Gasteiger partial charge >= 0.3 is 0 Å². The molecule has 1 atom stereocenters. The van der Waals surface area contributed by atoms with Gasteiger partial charge in [-0.15, -0.1) is 11.3 Å². The Bertz CT molecular complexity index is 917. The summed E-state index contributed by atoms with van der Waals surface area (Å²) in [5, 5.41) is 2.06. The fourth-order valence-corrected chi connectivity index (χ4v) is 5.39. The van der Waals surface area contributed by atoms with E-state index in [-0.39, 0.29) is 42.2 Å². The average molecular weight is 413 g/mol. The molecule has 2 saturated carbocycles. The molecular formula is C23H25FN2O2S. The molecule has 1 aromatic heterocycles. The van der Waals surface area contributed by atoms with E-state index in [1.165, 1.54) is 17.0 Å². The maximum atomic E-state index is 13.5. The van der Waals surface area contributed by atoms with Crippen LogP contribution in [0.3, 0.4) is 0 Å². The van der Waals surface area contributed by atoms with Crippen LogP contribution in [-0.2, 0) is 16.0 Å². The van der Waals surface area contributed by atoms with Crippen molar-refractivity contribution < 1.29 is 14.0 Å². The van der Waals surface area contributed by atoms with Crippen LogP contribution in [0.5, 0.6) is 0 Å². The summed E-state index contributed by atoms with van der Waals surface area (Å²) < 4.78 is 13.5. The summed E-state index contributed by atoms with van der Waals surface area (Å²) in [5.41, 5.74) is 2.05. The molecule has 6 heteroatoms. The van der Waals surface area contributed by atoms with Crippen molar-refractivity contribution in [3.8, 4) is 0 Å². The predicted octanol–water partition coefficient (Wildman–Crippen LogP) is 4.15. The normalized spacial score (nSPS) is 21.4. The van der Waals surface area contributed by atoms with Gasteiger partial charge in [0.1, 0.15) is 12.4 Å². The fourth-order valence-electron chi connectivity index (χ4n) is 4.49. The van der Waals surface area contributed by atoms with E-state index in [0.29, 0.717) is 6.54 Å². The van der Waals surface area contributed by atoms with E-state index in [4.69, 9.17) is 0 Å². The monoisotopic (exact) mass is 412 g/mol. The molecule has 0 radical (unpaired) electrons. The van der Waals surface area contributed by atoms with Crippen molar-refractivity contribution >= 4 is 23.2 Å². The highest BCUT2D eigenvalue weighted by atomic mass is 32.1. The van der Waals surface area contributed by atoms with Gasteiger partial charge in [0.25, 0.3) is 0 Å². The van der Waals surface area contributed by atoms with Crippen LogP contribution in [0, 0.1) is 11.7 Å². The van der Waals surface area contributed by atoms with Crippen molar-refractivity contribution in [2.45, 2.75) is 50.6 Å². The standard InChI is InChI=1S/C23H25FN2O2S/c24-17-6-4-15(5-7-17)22-19-11-13-29-20(19)10-12-25(22)21(27)14-26(18-8-9-18)23(28)16-2-1-3-16/h4-7,11,13,16,18,22H,1-3,8-10,12,14H2. The molecule has 1 aromatic carbocycles. The highest BCUT2D eigenvalue weighted by Gasteiger charge is 2.41. The Morgan fingerprint density at radius 3 is 2.52 bits per heavy atom. The number of benzene rings is 1.